The zero-order valence-electron chi connectivity index (χ0n) is 23.4. The second kappa shape index (κ2) is 11.7. The second-order valence-corrected chi connectivity index (χ2v) is 10.6. The number of hydrogen-bond acceptors (Lipinski definition) is 7. The van der Waals surface area contributed by atoms with Crippen LogP contribution in [0.2, 0.25) is 0 Å². The number of anilines is 1. The predicted octanol–water partition coefficient (Wildman–Crippen LogP) is 2.73. The summed E-state index contributed by atoms with van der Waals surface area (Å²) in [5.74, 6) is -1.88. The minimum atomic E-state index is -0.716. The van der Waals surface area contributed by atoms with E-state index in [0.717, 1.165) is 5.56 Å². The van der Waals surface area contributed by atoms with Crippen LogP contribution in [0.4, 0.5) is 10.1 Å². The number of rotatable bonds is 8. The fourth-order valence-electron chi connectivity index (χ4n) is 5.44. The van der Waals surface area contributed by atoms with Crippen LogP contribution in [0.1, 0.15) is 41.3 Å². The van der Waals surface area contributed by atoms with Gasteiger partial charge in [0, 0.05) is 71.2 Å². The SMILES string of the molecule is COCN1CC(C(=O)C(=O)N(C)C)c2cc(C(=O)N3C[C@H](C)N(Cc4ccc(F)cc4)C[C@H]3C)c(OC)cc21. The lowest BCUT2D eigenvalue weighted by Crippen LogP contribution is -2.57. The number of Topliss-reactive ketones (excluding diaryl/α,β-unsaturated/α-hetero) is 1. The highest BCUT2D eigenvalue weighted by molar-refractivity contribution is 6.38. The number of nitrogens with zero attached hydrogens (tertiary/aromatic N) is 4. The Morgan fingerprint density at radius 1 is 1.00 bits per heavy atom. The van der Waals surface area contributed by atoms with Gasteiger partial charge in [-0.2, -0.15) is 0 Å². The molecule has 2 aliphatic rings. The van der Waals surface area contributed by atoms with Gasteiger partial charge in [-0.15, -0.1) is 0 Å². The minimum absolute atomic E-state index is 0.0693. The molecule has 2 aromatic rings. The third-order valence-electron chi connectivity index (χ3n) is 7.59. The lowest BCUT2D eigenvalue weighted by atomic mass is 9.93. The van der Waals surface area contributed by atoms with Crippen LogP contribution < -0.4 is 9.64 Å². The van der Waals surface area contributed by atoms with E-state index in [0.29, 0.717) is 42.2 Å². The van der Waals surface area contributed by atoms with Gasteiger partial charge in [0.15, 0.2) is 0 Å². The summed E-state index contributed by atoms with van der Waals surface area (Å²) in [5, 5.41) is 0. The van der Waals surface area contributed by atoms with Gasteiger partial charge in [-0.25, -0.2) is 4.39 Å². The molecule has 2 aliphatic heterocycles. The molecule has 0 spiro atoms. The molecule has 2 amide bonds. The molecule has 4 rings (SSSR count). The van der Waals surface area contributed by atoms with Crippen LogP contribution in [-0.2, 0) is 20.9 Å². The fourth-order valence-corrected chi connectivity index (χ4v) is 5.44. The van der Waals surface area contributed by atoms with Crippen LogP contribution in [-0.4, -0.2) is 99.1 Å². The van der Waals surface area contributed by atoms with Crippen molar-refractivity contribution >= 4 is 23.3 Å². The van der Waals surface area contributed by atoms with Crippen molar-refractivity contribution in [1.29, 1.82) is 0 Å². The molecule has 10 heteroatoms. The molecule has 0 aliphatic carbocycles. The Hall–Kier alpha value is -3.50. The van der Waals surface area contributed by atoms with Crippen molar-refractivity contribution < 1.29 is 28.2 Å². The van der Waals surface area contributed by atoms with E-state index in [4.69, 9.17) is 9.47 Å². The van der Waals surface area contributed by atoms with Crippen molar-refractivity contribution in [2.45, 2.75) is 38.4 Å². The van der Waals surface area contributed by atoms with Crippen molar-refractivity contribution in [2.24, 2.45) is 0 Å². The molecule has 0 N–H and O–H groups in total. The number of carbonyl (C=O) groups is 3. The first-order chi connectivity index (χ1) is 18.5. The molecule has 1 saturated heterocycles. The fraction of sp³-hybridized carbons (Fsp3) is 0.483. The first-order valence-electron chi connectivity index (χ1n) is 13.1. The second-order valence-electron chi connectivity index (χ2n) is 10.6. The van der Waals surface area contributed by atoms with Crippen molar-refractivity contribution in [1.82, 2.24) is 14.7 Å². The first kappa shape index (κ1) is 28.5. The van der Waals surface area contributed by atoms with Gasteiger partial charge in [0.25, 0.3) is 11.8 Å². The summed E-state index contributed by atoms with van der Waals surface area (Å²) < 4.78 is 24.3. The molecule has 0 bridgehead atoms. The van der Waals surface area contributed by atoms with E-state index in [1.54, 1.807) is 45.5 Å². The molecule has 0 radical (unpaired) electrons. The number of ketones is 1. The van der Waals surface area contributed by atoms with E-state index in [1.165, 1.54) is 24.1 Å². The highest BCUT2D eigenvalue weighted by Gasteiger charge is 2.40. The number of piperazine rings is 1. The quantitative estimate of drug-likeness (QED) is 0.476. The van der Waals surface area contributed by atoms with Gasteiger partial charge >= 0.3 is 0 Å². The van der Waals surface area contributed by atoms with Crippen LogP contribution in [0.5, 0.6) is 5.75 Å². The molecule has 0 aromatic heterocycles. The van der Waals surface area contributed by atoms with Crippen LogP contribution in [0.25, 0.3) is 0 Å². The Balaban J connectivity index is 1.61. The Labute approximate surface area is 229 Å². The highest BCUT2D eigenvalue weighted by Crippen LogP contribution is 2.41. The van der Waals surface area contributed by atoms with E-state index in [1.807, 2.05) is 16.7 Å². The minimum Gasteiger partial charge on any atom is -0.496 e. The monoisotopic (exact) mass is 540 g/mol. The molecule has 210 valence electrons. The van der Waals surface area contributed by atoms with E-state index in [9.17, 15) is 18.8 Å². The molecule has 2 heterocycles. The molecule has 1 unspecified atom stereocenters. The van der Waals surface area contributed by atoms with Gasteiger partial charge in [-0.3, -0.25) is 19.3 Å². The van der Waals surface area contributed by atoms with Crippen LogP contribution in [0.3, 0.4) is 0 Å². The first-order valence-corrected chi connectivity index (χ1v) is 13.1. The summed E-state index contributed by atoms with van der Waals surface area (Å²) in [5.41, 5.74) is 2.70. The zero-order chi connectivity index (χ0) is 28.4. The number of benzene rings is 2. The van der Waals surface area contributed by atoms with Gasteiger partial charge in [0.05, 0.1) is 18.6 Å². The maximum absolute atomic E-state index is 14.0. The molecule has 3 atom stereocenters. The Kier molecular flexibility index (Phi) is 8.56. The average molecular weight is 541 g/mol. The number of ether oxygens (including phenoxy) is 2. The van der Waals surface area contributed by atoms with Crippen LogP contribution >= 0.6 is 0 Å². The number of halogens is 1. The molecule has 2 aromatic carbocycles. The van der Waals surface area contributed by atoms with Gasteiger partial charge in [-0.1, -0.05) is 12.1 Å². The van der Waals surface area contributed by atoms with Gasteiger partial charge in [0.2, 0.25) is 5.78 Å². The van der Waals surface area contributed by atoms with Gasteiger partial charge in [0.1, 0.15) is 18.3 Å². The number of fused-ring (bicyclic) bond motifs is 1. The normalized spacial score (nSPS) is 21.1. The van der Waals surface area contributed by atoms with Crippen LogP contribution in [0, 0.1) is 5.82 Å². The Bertz CT molecular complexity index is 1230. The number of hydrogen-bond donors (Lipinski definition) is 0. The van der Waals surface area contributed by atoms with Gasteiger partial charge in [-0.05, 0) is 43.2 Å². The summed E-state index contributed by atoms with van der Waals surface area (Å²) in [6.07, 6.45) is 0. The zero-order valence-corrected chi connectivity index (χ0v) is 23.4. The summed E-state index contributed by atoms with van der Waals surface area (Å²) in [6, 6.07) is 9.93. The standard InChI is InChI=1S/C29H37FN4O5/c1-18-14-34(19(2)13-32(18)15-20-7-9-21(30)10-8-20)28(36)23-11-22-24(27(35)29(37)31(3)4)16-33(17-38-5)25(22)12-26(23)39-6/h7-12,18-19,24H,13-17H2,1-6H3/t18-,19+,24?/m0/s1. The number of methoxy groups -OCH3 is 2. The topological polar surface area (TPSA) is 82.6 Å². The summed E-state index contributed by atoms with van der Waals surface area (Å²) in [4.78, 5) is 46.9. The lowest BCUT2D eigenvalue weighted by Gasteiger charge is -2.44. The summed E-state index contributed by atoms with van der Waals surface area (Å²) in [6.45, 7) is 6.39. The average Bonchev–Trinajstić information content (AvgIpc) is 3.27. The van der Waals surface area contributed by atoms with E-state index >= 15 is 0 Å². The molecular weight excluding hydrogens is 503 g/mol. The molecule has 9 nitrogen and oxygen atoms in total. The van der Waals surface area contributed by atoms with Crippen molar-refractivity contribution in [3.63, 3.8) is 0 Å². The van der Waals surface area contributed by atoms with Crippen LogP contribution in [0.15, 0.2) is 36.4 Å². The predicted molar refractivity (Wildman–Crippen MR) is 145 cm³/mol. The van der Waals surface area contributed by atoms with E-state index < -0.39 is 17.6 Å². The molecule has 1 fully saturated rings. The number of carbonyl (C=O) groups excluding carboxylic acids is 3. The largest absolute Gasteiger partial charge is 0.496 e. The number of likely N-dealkylation sites (N-methyl/N-ethyl adjacent to an activating group) is 1. The van der Waals surface area contributed by atoms with Crippen molar-refractivity contribution in [3.8, 4) is 5.75 Å². The Morgan fingerprint density at radius 3 is 2.31 bits per heavy atom. The molecule has 39 heavy (non-hydrogen) atoms. The van der Waals surface area contributed by atoms with E-state index in [-0.39, 0.29) is 37.1 Å². The third-order valence-corrected chi connectivity index (χ3v) is 7.59. The van der Waals surface area contributed by atoms with Crippen molar-refractivity contribution in [2.75, 3.05) is 59.6 Å². The Morgan fingerprint density at radius 2 is 1.69 bits per heavy atom. The summed E-state index contributed by atoms with van der Waals surface area (Å²) in [7, 11) is 6.17. The summed E-state index contributed by atoms with van der Waals surface area (Å²) >= 11 is 0. The molecule has 0 saturated carbocycles. The smallest absolute Gasteiger partial charge is 0.290 e. The maximum atomic E-state index is 14.0. The van der Waals surface area contributed by atoms with Gasteiger partial charge < -0.3 is 24.2 Å². The van der Waals surface area contributed by atoms with E-state index in [2.05, 4.69) is 11.8 Å². The lowest BCUT2D eigenvalue weighted by molar-refractivity contribution is -0.143. The van der Waals surface area contributed by atoms with Crippen molar-refractivity contribution in [3.05, 3.63) is 58.9 Å². The maximum Gasteiger partial charge on any atom is 0.290 e. The highest BCUT2D eigenvalue weighted by atomic mass is 19.1. The molecular formula is C29H37FN4O5. The number of amides is 2. The third kappa shape index (κ3) is 5.77.